The predicted molar refractivity (Wildman–Crippen MR) is 106 cm³/mol. The fourth-order valence-corrected chi connectivity index (χ4v) is 4.00. The minimum absolute atomic E-state index is 0.176. The molecule has 0 N–H and O–H groups in total. The summed E-state index contributed by atoms with van der Waals surface area (Å²) in [5, 5.41) is 4.01. The number of benzene rings is 2. The van der Waals surface area contributed by atoms with Crippen LogP contribution >= 0.6 is 0 Å². The van der Waals surface area contributed by atoms with Gasteiger partial charge >= 0.3 is 10.2 Å². The van der Waals surface area contributed by atoms with Gasteiger partial charge in [0, 0.05) is 11.8 Å². The maximum atomic E-state index is 12.5. The molecule has 1 aliphatic heterocycles. The van der Waals surface area contributed by atoms with Gasteiger partial charge in [0.2, 0.25) is 5.82 Å². The first-order valence-corrected chi connectivity index (χ1v) is 10.1. The summed E-state index contributed by atoms with van der Waals surface area (Å²) in [6, 6.07) is 17.0. The van der Waals surface area contributed by atoms with Crippen LogP contribution in [0.3, 0.4) is 0 Å². The summed E-state index contributed by atoms with van der Waals surface area (Å²) in [5.41, 5.74) is 3.50. The SMILES string of the molecule is CC1=NS(=O)(=O)N(Cc2ccccc2C)C=C1c1nc(-c2ccccc2)no1. The lowest BCUT2D eigenvalue weighted by Crippen LogP contribution is -2.29. The highest BCUT2D eigenvalue weighted by Crippen LogP contribution is 2.27. The molecule has 2 aromatic carbocycles. The van der Waals surface area contributed by atoms with E-state index in [-0.39, 0.29) is 12.4 Å². The van der Waals surface area contributed by atoms with Crippen molar-refractivity contribution in [1.29, 1.82) is 0 Å². The number of aryl methyl sites for hydroxylation is 1. The van der Waals surface area contributed by atoms with Gasteiger partial charge in [-0.3, -0.25) is 4.31 Å². The van der Waals surface area contributed by atoms with Crippen molar-refractivity contribution in [3.05, 3.63) is 77.8 Å². The van der Waals surface area contributed by atoms with Gasteiger partial charge in [0.1, 0.15) is 0 Å². The molecular weight excluding hydrogens is 376 g/mol. The molecule has 2 heterocycles. The first-order valence-electron chi connectivity index (χ1n) is 8.68. The van der Waals surface area contributed by atoms with E-state index in [9.17, 15) is 8.42 Å². The Bertz CT molecular complexity index is 1180. The zero-order valence-electron chi connectivity index (χ0n) is 15.4. The second-order valence-corrected chi connectivity index (χ2v) is 8.01. The third-order valence-electron chi connectivity index (χ3n) is 4.49. The molecule has 0 saturated heterocycles. The summed E-state index contributed by atoms with van der Waals surface area (Å²) in [6.45, 7) is 3.73. The molecule has 0 spiro atoms. The zero-order chi connectivity index (χ0) is 19.7. The van der Waals surface area contributed by atoms with Crippen LogP contribution < -0.4 is 0 Å². The highest BCUT2D eigenvalue weighted by molar-refractivity contribution is 7.88. The number of rotatable bonds is 4. The fourth-order valence-electron chi connectivity index (χ4n) is 2.91. The van der Waals surface area contributed by atoms with E-state index < -0.39 is 10.2 Å². The molecular formula is C20H18N4O3S. The molecule has 0 unspecified atom stereocenters. The third kappa shape index (κ3) is 3.46. The van der Waals surface area contributed by atoms with Crippen LogP contribution in [-0.2, 0) is 16.8 Å². The molecule has 142 valence electrons. The standard InChI is InChI=1S/C20H18N4O3S/c1-14-8-6-7-11-17(14)12-24-13-18(15(2)23-28(24,25)26)20-21-19(22-27-20)16-9-4-3-5-10-16/h3-11,13H,12H2,1-2H3. The lowest BCUT2D eigenvalue weighted by atomic mass is 10.1. The Labute approximate surface area is 163 Å². The van der Waals surface area contributed by atoms with Crippen LogP contribution in [0.2, 0.25) is 0 Å². The molecule has 0 radical (unpaired) electrons. The second-order valence-electron chi connectivity index (χ2n) is 6.46. The normalized spacial score (nSPS) is 15.9. The molecule has 0 atom stereocenters. The average Bonchev–Trinajstić information content (AvgIpc) is 3.15. The Morgan fingerprint density at radius 3 is 2.46 bits per heavy atom. The van der Waals surface area contributed by atoms with Crippen LogP contribution in [-0.4, -0.2) is 28.6 Å². The first kappa shape index (κ1) is 18.1. The topological polar surface area (TPSA) is 88.7 Å². The smallest absolute Gasteiger partial charge is 0.333 e. The second kappa shape index (κ2) is 7.05. The summed E-state index contributed by atoms with van der Waals surface area (Å²) < 4.78 is 35.5. The Kier molecular flexibility index (Phi) is 4.56. The Morgan fingerprint density at radius 1 is 1.00 bits per heavy atom. The van der Waals surface area contributed by atoms with Crippen LogP contribution in [0.15, 0.2) is 69.7 Å². The van der Waals surface area contributed by atoms with Gasteiger partial charge in [0.25, 0.3) is 5.89 Å². The van der Waals surface area contributed by atoms with Crippen LogP contribution in [0.1, 0.15) is 23.9 Å². The summed E-state index contributed by atoms with van der Waals surface area (Å²) in [5.74, 6) is 0.660. The van der Waals surface area contributed by atoms with Crippen LogP contribution in [0.5, 0.6) is 0 Å². The Morgan fingerprint density at radius 2 is 1.71 bits per heavy atom. The molecule has 0 bridgehead atoms. The van der Waals surface area contributed by atoms with Crippen molar-refractivity contribution < 1.29 is 12.9 Å². The Hall–Kier alpha value is -3.26. The Balaban J connectivity index is 1.70. The number of nitrogens with zero attached hydrogens (tertiary/aromatic N) is 4. The van der Waals surface area contributed by atoms with Gasteiger partial charge in [-0.25, -0.2) is 0 Å². The van der Waals surface area contributed by atoms with Crippen LogP contribution in [0.25, 0.3) is 17.0 Å². The summed E-state index contributed by atoms with van der Waals surface area (Å²) in [7, 11) is -3.82. The van der Waals surface area contributed by atoms with E-state index in [2.05, 4.69) is 14.5 Å². The minimum atomic E-state index is -3.82. The van der Waals surface area contributed by atoms with Gasteiger partial charge in [-0.2, -0.15) is 13.4 Å². The van der Waals surface area contributed by atoms with Crippen molar-refractivity contribution in [1.82, 2.24) is 14.4 Å². The van der Waals surface area contributed by atoms with Gasteiger partial charge in [-0.15, -0.1) is 4.40 Å². The van der Waals surface area contributed by atoms with Gasteiger partial charge in [0.15, 0.2) is 0 Å². The van der Waals surface area contributed by atoms with Gasteiger partial charge in [0.05, 0.1) is 17.8 Å². The molecule has 0 fully saturated rings. The van der Waals surface area contributed by atoms with Gasteiger partial charge in [-0.05, 0) is 25.0 Å². The largest absolute Gasteiger partial charge is 0.344 e. The molecule has 28 heavy (non-hydrogen) atoms. The van der Waals surface area contributed by atoms with E-state index in [1.54, 1.807) is 6.92 Å². The molecule has 1 aliphatic rings. The number of hydrogen-bond donors (Lipinski definition) is 0. The number of aromatic nitrogens is 2. The summed E-state index contributed by atoms with van der Waals surface area (Å²) in [6.07, 6.45) is 1.51. The number of hydrogen-bond acceptors (Lipinski definition) is 5. The fraction of sp³-hybridized carbons (Fsp3) is 0.150. The molecule has 0 saturated carbocycles. The third-order valence-corrected chi connectivity index (χ3v) is 5.82. The van der Waals surface area contributed by atoms with E-state index in [4.69, 9.17) is 4.52 Å². The molecule has 1 aromatic heterocycles. The summed E-state index contributed by atoms with van der Waals surface area (Å²) >= 11 is 0. The molecule has 3 aromatic rings. The van der Waals surface area contributed by atoms with Crippen molar-refractivity contribution in [2.24, 2.45) is 4.40 Å². The van der Waals surface area contributed by atoms with Crippen LogP contribution in [0.4, 0.5) is 0 Å². The van der Waals surface area contributed by atoms with Crippen molar-refractivity contribution >= 4 is 21.5 Å². The predicted octanol–water partition coefficient (Wildman–Crippen LogP) is 3.61. The van der Waals surface area contributed by atoms with E-state index in [0.717, 1.165) is 16.7 Å². The maximum absolute atomic E-state index is 12.5. The molecule has 0 aliphatic carbocycles. The van der Waals surface area contributed by atoms with Crippen molar-refractivity contribution in [2.45, 2.75) is 20.4 Å². The van der Waals surface area contributed by atoms with Crippen molar-refractivity contribution in [3.8, 4) is 11.4 Å². The van der Waals surface area contributed by atoms with E-state index in [0.29, 0.717) is 17.1 Å². The van der Waals surface area contributed by atoms with E-state index >= 15 is 0 Å². The van der Waals surface area contributed by atoms with E-state index in [1.807, 2.05) is 61.5 Å². The van der Waals surface area contributed by atoms with E-state index in [1.165, 1.54) is 10.5 Å². The van der Waals surface area contributed by atoms with Crippen molar-refractivity contribution in [3.63, 3.8) is 0 Å². The van der Waals surface area contributed by atoms with Gasteiger partial charge < -0.3 is 4.52 Å². The number of allylic oxidation sites excluding steroid dienone is 1. The monoisotopic (exact) mass is 394 g/mol. The lowest BCUT2D eigenvalue weighted by molar-refractivity contribution is 0.408. The maximum Gasteiger partial charge on any atom is 0.344 e. The molecule has 7 nitrogen and oxygen atoms in total. The zero-order valence-corrected chi connectivity index (χ0v) is 16.2. The van der Waals surface area contributed by atoms with Crippen molar-refractivity contribution in [2.75, 3.05) is 0 Å². The van der Waals surface area contributed by atoms with Gasteiger partial charge in [-0.1, -0.05) is 59.8 Å². The average molecular weight is 394 g/mol. The van der Waals surface area contributed by atoms with Crippen LogP contribution in [0, 0.1) is 6.92 Å². The highest BCUT2D eigenvalue weighted by atomic mass is 32.2. The first-order chi connectivity index (χ1) is 13.4. The highest BCUT2D eigenvalue weighted by Gasteiger charge is 2.28. The quantitative estimate of drug-likeness (QED) is 0.674. The molecule has 8 heteroatoms. The lowest BCUT2D eigenvalue weighted by Gasteiger charge is -2.23. The summed E-state index contributed by atoms with van der Waals surface area (Å²) in [4.78, 5) is 4.41. The molecule has 4 rings (SSSR count). The molecule has 0 amide bonds. The minimum Gasteiger partial charge on any atom is -0.333 e.